The summed E-state index contributed by atoms with van der Waals surface area (Å²) in [6.07, 6.45) is 4.12. The number of carbonyl (C=O) groups is 2. The minimum absolute atomic E-state index is 0.0504. The number of anilines is 2. The number of hydrogen-bond donors (Lipinski definition) is 0. The third-order valence-corrected chi connectivity index (χ3v) is 6.67. The van der Waals surface area contributed by atoms with Crippen LogP contribution in [0.5, 0.6) is 0 Å². The van der Waals surface area contributed by atoms with Crippen molar-refractivity contribution in [2.75, 3.05) is 29.9 Å². The van der Waals surface area contributed by atoms with Crippen LogP contribution in [0.25, 0.3) is 5.69 Å². The largest absolute Gasteiger partial charge is 0.444 e. The molecule has 0 N–H and O–H groups in total. The molecule has 1 atom stereocenters. The van der Waals surface area contributed by atoms with Crippen LogP contribution in [0.15, 0.2) is 48.8 Å². The monoisotopic (exact) mass is 508 g/mol. The molecule has 10 heteroatoms. The molecule has 0 radical (unpaired) electrons. The Hall–Kier alpha value is -3.59. The van der Waals surface area contributed by atoms with Gasteiger partial charge in [-0.25, -0.2) is 14.5 Å². The average Bonchev–Trinajstić information content (AvgIpc) is 3.55. The molecule has 2 aliphatic heterocycles. The smallest absolute Gasteiger partial charge is 0.410 e. The maximum Gasteiger partial charge on any atom is 0.410 e. The number of carbonyl (C=O) groups excluding carboxylic acids is 2. The second-order valence-corrected chi connectivity index (χ2v) is 10.6. The number of rotatable bonds is 4. The Morgan fingerprint density at radius 2 is 1.86 bits per heavy atom. The summed E-state index contributed by atoms with van der Waals surface area (Å²) in [7, 11) is 1.78. The molecule has 4 heterocycles. The van der Waals surface area contributed by atoms with E-state index < -0.39 is 5.60 Å². The van der Waals surface area contributed by atoms with Crippen LogP contribution in [-0.4, -0.2) is 63.4 Å². The standard InChI is InChI=1S/C26H29ClN6O3/c1-26(2,3)36-25(35)30(4)21-11-12-31(16-21)22-10-9-20(13-28-22)32-14-17-15-33(29-23(17)24(32)34)19-7-5-18(27)6-8-19/h5-10,13,15,21H,11-12,14,16H2,1-4H3/t21-/m0/s1. The molecule has 188 valence electrons. The van der Waals surface area contributed by atoms with Gasteiger partial charge >= 0.3 is 6.09 Å². The average molecular weight is 509 g/mol. The lowest BCUT2D eigenvalue weighted by atomic mass is 10.2. The van der Waals surface area contributed by atoms with Gasteiger partial charge in [-0.15, -0.1) is 0 Å². The Balaban J connectivity index is 1.23. The third kappa shape index (κ3) is 4.75. The molecule has 1 aromatic carbocycles. The first-order valence-electron chi connectivity index (χ1n) is 11.9. The van der Waals surface area contributed by atoms with Crippen LogP contribution in [0.1, 0.15) is 43.2 Å². The normalized spacial score (nSPS) is 17.5. The number of nitrogens with zero attached hydrogens (tertiary/aromatic N) is 6. The van der Waals surface area contributed by atoms with E-state index in [1.54, 1.807) is 39.9 Å². The molecule has 0 unspecified atom stereocenters. The molecular weight excluding hydrogens is 480 g/mol. The minimum Gasteiger partial charge on any atom is -0.444 e. The van der Waals surface area contributed by atoms with Crippen LogP contribution in [0.2, 0.25) is 5.02 Å². The summed E-state index contributed by atoms with van der Waals surface area (Å²) in [5.74, 6) is 0.670. The first-order chi connectivity index (χ1) is 17.1. The summed E-state index contributed by atoms with van der Waals surface area (Å²) in [5, 5.41) is 5.15. The first-order valence-corrected chi connectivity index (χ1v) is 12.3. The van der Waals surface area contributed by atoms with E-state index in [4.69, 9.17) is 16.3 Å². The number of pyridine rings is 1. The third-order valence-electron chi connectivity index (χ3n) is 6.42. The Morgan fingerprint density at radius 3 is 2.50 bits per heavy atom. The van der Waals surface area contributed by atoms with Gasteiger partial charge in [0.2, 0.25) is 0 Å². The topological polar surface area (TPSA) is 83.8 Å². The van der Waals surface area contributed by atoms with Gasteiger partial charge in [-0.3, -0.25) is 4.79 Å². The molecule has 0 saturated carbocycles. The summed E-state index contributed by atoms with van der Waals surface area (Å²) in [4.78, 5) is 35.6. The highest BCUT2D eigenvalue weighted by Crippen LogP contribution is 2.30. The van der Waals surface area contributed by atoms with Crippen molar-refractivity contribution in [2.45, 2.75) is 45.4 Å². The summed E-state index contributed by atoms with van der Waals surface area (Å²) in [6, 6.07) is 11.2. The van der Waals surface area contributed by atoms with E-state index in [1.165, 1.54) is 0 Å². The van der Waals surface area contributed by atoms with E-state index in [1.807, 2.05) is 51.2 Å². The Bertz CT molecular complexity index is 1280. The molecule has 3 aromatic rings. The lowest BCUT2D eigenvalue weighted by molar-refractivity contribution is 0.0237. The number of benzene rings is 1. The van der Waals surface area contributed by atoms with Crippen molar-refractivity contribution < 1.29 is 14.3 Å². The highest BCUT2D eigenvalue weighted by Gasteiger charge is 2.34. The fraction of sp³-hybridized carbons (Fsp3) is 0.385. The van der Waals surface area contributed by atoms with Crippen molar-refractivity contribution in [3.8, 4) is 5.69 Å². The van der Waals surface area contributed by atoms with E-state index in [0.717, 1.165) is 35.7 Å². The number of hydrogen-bond acceptors (Lipinski definition) is 6. The lowest BCUT2D eigenvalue weighted by Crippen LogP contribution is -2.42. The van der Waals surface area contributed by atoms with Gasteiger partial charge in [0.15, 0.2) is 5.69 Å². The first kappa shape index (κ1) is 24.1. The maximum absolute atomic E-state index is 13.1. The van der Waals surface area contributed by atoms with Crippen molar-refractivity contribution in [3.05, 3.63) is 65.1 Å². The summed E-state index contributed by atoms with van der Waals surface area (Å²) in [5.41, 5.74) is 2.36. The minimum atomic E-state index is -0.526. The number of ether oxygens (including phenoxy) is 1. The summed E-state index contributed by atoms with van der Waals surface area (Å²) >= 11 is 5.97. The molecule has 5 rings (SSSR count). The molecule has 1 fully saturated rings. The highest BCUT2D eigenvalue weighted by molar-refractivity contribution is 6.30. The second-order valence-electron chi connectivity index (χ2n) is 10.2. The fourth-order valence-electron chi connectivity index (χ4n) is 4.48. The van der Waals surface area contributed by atoms with Crippen LogP contribution in [0.3, 0.4) is 0 Å². The molecule has 0 spiro atoms. The Morgan fingerprint density at radius 1 is 1.14 bits per heavy atom. The van der Waals surface area contributed by atoms with Crippen molar-refractivity contribution in [1.29, 1.82) is 0 Å². The van der Waals surface area contributed by atoms with Gasteiger partial charge in [0.05, 0.1) is 30.2 Å². The molecule has 2 aliphatic rings. The fourth-order valence-corrected chi connectivity index (χ4v) is 4.61. The molecular formula is C26H29ClN6O3. The van der Waals surface area contributed by atoms with Gasteiger partial charge in [-0.1, -0.05) is 11.6 Å². The number of halogens is 1. The van der Waals surface area contributed by atoms with Crippen molar-refractivity contribution in [3.63, 3.8) is 0 Å². The van der Waals surface area contributed by atoms with Crippen molar-refractivity contribution in [2.24, 2.45) is 0 Å². The van der Waals surface area contributed by atoms with Gasteiger partial charge < -0.3 is 19.4 Å². The van der Waals surface area contributed by atoms with Crippen LogP contribution < -0.4 is 9.80 Å². The number of fused-ring (bicyclic) bond motifs is 1. The van der Waals surface area contributed by atoms with Gasteiger partial charge in [-0.2, -0.15) is 5.10 Å². The Kier molecular flexibility index (Phi) is 6.12. The zero-order valence-corrected chi connectivity index (χ0v) is 21.6. The zero-order chi connectivity index (χ0) is 25.6. The van der Waals surface area contributed by atoms with Crippen LogP contribution in [0.4, 0.5) is 16.3 Å². The van der Waals surface area contributed by atoms with Gasteiger partial charge in [-0.05, 0) is 63.6 Å². The number of aromatic nitrogens is 3. The van der Waals surface area contributed by atoms with Gasteiger partial charge in [0, 0.05) is 36.9 Å². The molecule has 2 aromatic heterocycles. The van der Waals surface area contributed by atoms with E-state index in [-0.39, 0.29) is 18.0 Å². The summed E-state index contributed by atoms with van der Waals surface area (Å²) in [6.45, 7) is 7.49. The molecule has 9 nitrogen and oxygen atoms in total. The Labute approximate surface area is 215 Å². The quantitative estimate of drug-likeness (QED) is 0.515. The molecule has 1 saturated heterocycles. The predicted octanol–water partition coefficient (Wildman–Crippen LogP) is 4.53. The van der Waals surface area contributed by atoms with Crippen LogP contribution in [-0.2, 0) is 11.3 Å². The highest BCUT2D eigenvalue weighted by atomic mass is 35.5. The van der Waals surface area contributed by atoms with E-state index in [0.29, 0.717) is 23.8 Å². The van der Waals surface area contributed by atoms with E-state index >= 15 is 0 Å². The molecule has 0 bridgehead atoms. The lowest BCUT2D eigenvalue weighted by Gasteiger charge is -2.28. The predicted molar refractivity (Wildman–Crippen MR) is 138 cm³/mol. The second kappa shape index (κ2) is 9.13. The number of amides is 2. The van der Waals surface area contributed by atoms with Crippen molar-refractivity contribution in [1.82, 2.24) is 19.7 Å². The zero-order valence-electron chi connectivity index (χ0n) is 20.8. The number of likely N-dealkylation sites (N-methyl/N-ethyl adjacent to an activating group) is 1. The molecule has 0 aliphatic carbocycles. The van der Waals surface area contributed by atoms with Crippen molar-refractivity contribution >= 4 is 35.1 Å². The van der Waals surface area contributed by atoms with Crippen LogP contribution in [0, 0.1) is 0 Å². The van der Waals surface area contributed by atoms with E-state index in [2.05, 4.69) is 15.0 Å². The van der Waals surface area contributed by atoms with Gasteiger partial charge in [0.25, 0.3) is 5.91 Å². The van der Waals surface area contributed by atoms with Gasteiger partial charge in [0.1, 0.15) is 11.4 Å². The summed E-state index contributed by atoms with van der Waals surface area (Å²) < 4.78 is 7.20. The molecule has 36 heavy (non-hydrogen) atoms. The maximum atomic E-state index is 13.1. The van der Waals surface area contributed by atoms with E-state index in [9.17, 15) is 9.59 Å². The molecule has 2 amide bonds. The SMILES string of the molecule is CN(C(=O)OC(C)(C)C)[C@H]1CCN(c2ccc(N3Cc4cn(-c5ccc(Cl)cc5)nc4C3=O)cn2)C1. The van der Waals surface area contributed by atoms with Crippen LogP contribution >= 0.6 is 11.6 Å².